The van der Waals surface area contributed by atoms with Crippen LogP contribution in [0, 0.1) is 0 Å². The maximum atomic E-state index is 12.5. The monoisotopic (exact) mass is 411 g/mol. The van der Waals surface area contributed by atoms with Crippen LogP contribution in [0.1, 0.15) is 36.8 Å². The molecule has 2 aromatic carbocycles. The van der Waals surface area contributed by atoms with E-state index in [2.05, 4.69) is 21.5 Å². The highest BCUT2D eigenvalue weighted by atomic mass is 35.5. The van der Waals surface area contributed by atoms with Gasteiger partial charge in [-0.05, 0) is 61.9 Å². The van der Waals surface area contributed by atoms with E-state index >= 15 is 0 Å². The zero-order valence-corrected chi connectivity index (χ0v) is 16.9. The van der Waals surface area contributed by atoms with E-state index in [9.17, 15) is 4.79 Å². The van der Waals surface area contributed by atoms with Gasteiger partial charge >= 0.3 is 0 Å². The number of aryl methyl sites for hydroxylation is 1. The Bertz CT molecular complexity index is 1020. The van der Waals surface area contributed by atoms with Gasteiger partial charge in [-0.2, -0.15) is 4.98 Å². The molecule has 0 saturated heterocycles. The van der Waals surface area contributed by atoms with Crippen LogP contribution in [-0.2, 0) is 24.2 Å². The van der Waals surface area contributed by atoms with Crippen molar-refractivity contribution in [1.82, 2.24) is 15.5 Å². The second kappa shape index (κ2) is 8.66. The summed E-state index contributed by atoms with van der Waals surface area (Å²) in [4.78, 5) is 16.8. The third-order valence-corrected chi connectivity index (χ3v) is 5.23. The number of ether oxygens (including phenoxy) is 1. The number of rotatable bonds is 6. The first-order chi connectivity index (χ1) is 14.1. The van der Waals surface area contributed by atoms with Crippen LogP contribution in [0.2, 0.25) is 5.02 Å². The molecule has 0 radical (unpaired) electrons. The van der Waals surface area contributed by atoms with E-state index in [1.807, 2.05) is 24.3 Å². The number of fused-ring (bicyclic) bond motifs is 1. The van der Waals surface area contributed by atoms with Gasteiger partial charge in [0.2, 0.25) is 11.7 Å². The Morgan fingerprint density at radius 3 is 2.93 bits per heavy atom. The fraction of sp³-hybridized carbons (Fsp3) is 0.318. The molecule has 0 spiro atoms. The van der Waals surface area contributed by atoms with Crippen LogP contribution in [-0.4, -0.2) is 22.2 Å². The van der Waals surface area contributed by atoms with Gasteiger partial charge in [0.25, 0.3) is 5.91 Å². The Kier molecular flexibility index (Phi) is 5.81. The number of carbonyl (C=O) groups is 1. The average molecular weight is 412 g/mol. The molecule has 0 saturated carbocycles. The van der Waals surface area contributed by atoms with E-state index in [1.165, 1.54) is 17.5 Å². The molecule has 0 aliphatic heterocycles. The molecule has 3 aromatic rings. The van der Waals surface area contributed by atoms with Gasteiger partial charge in [-0.15, -0.1) is 0 Å². The largest absolute Gasteiger partial charge is 0.481 e. The molecule has 29 heavy (non-hydrogen) atoms. The highest BCUT2D eigenvalue weighted by Gasteiger charge is 2.20. The molecule has 7 heteroatoms. The van der Waals surface area contributed by atoms with Crippen LogP contribution in [0.4, 0.5) is 0 Å². The Hall–Kier alpha value is -2.86. The lowest BCUT2D eigenvalue weighted by Gasteiger charge is -2.21. The summed E-state index contributed by atoms with van der Waals surface area (Å²) in [6.45, 7) is 1.87. The van der Waals surface area contributed by atoms with Crippen molar-refractivity contribution in [2.24, 2.45) is 0 Å². The van der Waals surface area contributed by atoms with E-state index < -0.39 is 6.10 Å². The van der Waals surface area contributed by atoms with Crippen molar-refractivity contribution >= 4 is 17.5 Å². The topological polar surface area (TPSA) is 77.2 Å². The van der Waals surface area contributed by atoms with Gasteiger partial charge < -0.3 is 14.6 Å². The van der Waals surface area contributed by atoms with Crippen molar-refractivity contribution in [1.29, 1.82) is 0 Å². The van der Waals surface area contributed by atoms with E-state index in [0.717, 1.165) is 30.6 Å². The first-order valence-corrected chi connectivity index (χ1v) is 10.1. The first kappa shape index (κ1) is 19.5. The average Bonchev–Trinajstić information content (AvgIpc) is 3.21. The van der Waals surface area contributed by atoms with Gasteiger partial charge in [0, 0.05) is 10.6 Å². The Morgan fingerprint density at radius 2 is 2.07 bits per heavy atom. The molecular weight excluding hydrogens is 390 g/mol. The highest BCUT2D eigenvalue weighted by Crippen LogP contribution is 2.30. The normalized spacial score (nSPS) is 14.1. The van der Waals surface area contributed by atoms with Gasteiger partial charge in [0.15, 0.2) is 6.10 Å². The number of amides is 1. The predicted molar refractivity (Wildman–Crippen MR) is 110 cm³/mol. The number of nitrogens with one attached hydrogen (secondary N) is 1. The SMILES string of the molecule is C[C@@H](Oc1cccc2c1CCCC2)C(=O)NCc1nc(-c2cccc(Cl)c2)no1. The molecule has 150 valence electrons. The lowest BCUT2D eigenvalue weighted by atomic mass is 9.91. The lowest BCUT2D eigenvalue weighted by molar-refractivity contribution is -0.127. The molecule has 0 bridgehead atoms. The lowest BCUT2D eigenvalue weighted by Crippen LogP contribution is -2.36. The second-order valence-electron chi connectivity index (χ2n) is 7.10. The van der Waals surface area contributed by atoms with Crippen LogP contribution in [0.25, 0.3) is 11.4 Å². The number of hydrogen-bond acceptors (Lipinski definition) is 5. The molecule has 1 aliphatic rings. The predicted octanol–water partition coefficient (Wildman–Crippen LogP) is 4.35. The van der Waals surface area contributed by atoms with Gasteiger partial charge in [0.1, 0.15) is 5.75 Å². The van der Waals surface area contributed by atoms with E-state index in [1.54, 1.807) is 19.1 Å². The fourth-order valence-electron chi connectivity index (χ4n) is 3.48. The van der Waals surface area contributed by atoms with Gasteiger partial charge in [-0.1, -0.05) is 41.0 Å². The standard InChI is InChI=1S/C22H22ClN3O3/c1-14(28-19-11-5-7-15-6-2-3-10-18(15)19)22(27)24-13-20-25-21(26-29-20)16-8-4-9-17(23)12-16/h4-5,7-9,11-12,14H,2-3,6,10,13H2,1H3,(H,24,27)/t14-/m1/s1. The summed E-state index contributed by atoms with van der Waals surface area (Å²) in [6.07, 6.45) is 3.79. The minimum absolute atomic E-state index is 0.132. The van der Waals surface area contributed by atoms with Gasteiger partial charge in [0.05, 0.1) is 6.54 Å². The summed E-state index contributed by atoms with van der Waals surface area (Å²) in [5, 5.41) is 7.32. The van der Waals surface area contributed by atoms with Crippen LogP contribution >= 0.6 is 11.6 Å². The van der Waals surface area contributed by atoms with Crippen LogP contribution in [0.5, 0.6) is 5.75 Å². The Morgan fingerprint density at radius 1 is 1.24 bits per heavy atom. The number of hydrogen-bond donors (Lipinski definition) is 1. The Balaban J connectivity index is 1.35. The summed E-state index contributed by atoms with van der Waals surface area (Å²) in [7, 11) is 0. The molecular formula is C22H22ClN3O3. The van der Waals surface area contributed by atoms with Crippen molar-refractivity contribution in [3.63, 3.8) is 0 Å². The van der Waals surface area contributed by atoms with Crippen LogP contribution < -0.4 is 10.1 Å². The summed E-state index contributed by atoms with van der Waals surface area (Å²) in [6, 6.07) is 13.2. The molecule has 1 heterocycles. The smallest absolute Gasteiger partial charge is 0.261 e. The summed E-state index contributed by atoms with van der Waals surface area (Å²) < 4.78 is 11.2. The quantitative estimate of drug-likeness (QED) is 0.652. The number of aromatic nitrogens is 2. The van der Waals surface area contributed by atoms with Gasteiger partial charge in [-0.25, -0.2) is 0 Å². The number of benzene rings is 2. The first-order valence-electron chi connectivity index (χ1n) is 9.74. The molecule has 1 amide bonds. The molecule has 1 atom stereocenters. The fourth-order valence-corrected chi connectivity index (χ4v) is 3.67. The van der Waals surface area contributed by atoms with Crippen molar-refractivity contribution in [3.05, 3.63) is 64.5 Å². The summed E-state index contributed by atoms with van der Waals surface area (Å²) in [5.41, 5.74) is 3.30. The molecule has 1 aromatic heterocycles. The Labute approximate surface area is 174 Å². The van der Waals surface area contributed by atoms with E-state index in [4.69, 9.17) is 20.9 Å². The van der Waals surface area contributed by atoms with E-state index in [-0.39, 0.29) is 12.5 Å². The summed E-state index contributed by atoms with van der Waals surface area (Å²) in [5.74, 6) is 1.31. The third-order valence-electron chi connectivity index (χ3n) is 4.99. The van der Waals surface area contributed by atoms with Crippen LogP contribution in [0.3, 0.4) is 0 Å². The van der Waals surface area contributed by atoms with Crippen LogP contribution in [0.15, 0.2) is 47.0 Å². The molecule has 1 N–H and O–H groups in total. The van der Waals surface area contributed by atoms with Crippen molar-refractivity contribution < 1.29 is 14.1 Å². The van der Waals surface area contributed by atoms with E-state index in [0.29, 0.717) is 16.7 Å². The number of carbonyl (C=O) groups excluding carboxylic acids is 1. The maximum Gasteiger partial charge on any atom is 0.261 e. The molecule has 4 rings (SSSR count). The molecule has 1 aliphatic carbocycles. The van der Waals surface area contributed by atoms with Crippen molar-refractivity contribution in [2.75, 3.05) is 0 Å². The minimum Gasteiger partial charge on any atom is -0.481 e. The maximum absolute atomic E-state index is 12.5. The summed E-state index contributed by atoms with van der Waals surface area (Å²) >= 11 is 5.99. The third kappa shape index (κ3) is 4.59. The molecule has 6 nitrogen and oxygen atoms in total. The highest BCUT2D eigenvalue weighted by molar-refractivity contribution is 6.30. The number of halogens is 1. The van der Waals surface area contributed by atoms with Gasteiger partial charge in [-0.3, -0.25) is 4.79 Å². The zero-order chi connectivity index (χ0) is 20.2. The van der Waals surface area contributed by atoms with Crippen molar-refractivity contribution in [2.45, 2.75) is 45.3 Å². The van der Waals surface area contributed by atoms with Crippen molar-refractivity contribution in [3.8, 4) is 17.1 Å². The second-order valence-corrected chi connectivity index (χ2v) is 7.54. The minimum atomic E-state index is -0.626. The number of nitrogens with zero attached hydrogens (tertiary/aromatic N) is 2. The zero-order valence-electron chi connectivity index (χ0n) is 16.2. The molecule has 0 fully saturated rings. The molecule has 0 unspecified atom stereocenters.